The van der Waals surface area contributed by atoms with Gasteiger partial charge in [0, 0.05) is 24.0 Å². The first-order valence-corrected chi connectivity index (χ1v) is 7.67. The first kappa shape index (κ1) is 15.0. The summed E-state index contributed by atoms with van der Waals surface area (Å²) in [5.74, 6) is 5.38. The van der Waals surface area contributed by atoms with Gasteiger partial charge >= 0.3 is 0 Å². The number of carbonyl (C=O) groups is 1. The molecule has 0 bridgehead atoms. The van der Waals surface area contributed by atoms with Crippen LogP contribution in [0.25, 0.3) is 0 Å². The third kappa shape index (κ3) is 3.83. The van der Waals surface area contributed by atoms with E-state index in [1.54, 1.807) is 6.07 Å². The number of hydrogen-bond donors (Lipinski definition) is 2. The van der Waals surface area contributed by atoms with Gasteiger partial charge in [0.15, 0.2) is 0 Å². The van der Waals surface area contributed by atoms with Gasteiger partial charge in [0.1, 0.15) is 6.61 Å². The molecule has 2 unspecified atom stereocenters. The highest BCUT2D eigenvalue weighted by Crippen LogP contribution is 2.17. The Kier molecular flexibility index (Phi) is 5.18. The number of carbonyl (C=O) groups excluding carboxylic acids is 1. The van der Waals surface area contributed by atoms with Crippen molar-refractivity contribution in [1.29, 1.82) is 0 Å². The zero-order valence-electron chi connectivity index (χ0n) is 11.8. The molecule has 1 aliphatic rings. The summed E-state index contributed by atoms with van der Waals surface area (Å²) >= 11 is 1.43. The molecule has 4 nitrogen and oxygen atoms in total. The van der Waals surface area contributed by atoms with Gasteiger partial charge in [-0.2, -0.15) is 0 Å². The summed E-state index contributed by atoms with van der Waals surface area (Å²) in [4.78, 5) is 15.3. The van der Waals surface area contributed by atoms with Crippen molar-refractivity contribution in [2.24, 2.45) is 0 Å². The molecule has 2 rings (SSSR count). The molecule has 1 fully saturated rings. The van der Waals surface area contributed by atoms with E-state index in [4.69, 9.17) is 5.11 Å². The Morgan fingerprint density at radius 1 is 1.65 bits per heavy atom. The van der Waals surface area contributed by atoms with Gasteiger partial charge in [0.05, 0.1) is 10.4 Å². The van der Waals surface area contributed by atoms with E-state index in [0.717, 1.165) is 24.3 Å². The molecule has 1 aliphatic heterocycles. The number of nitrogens with one attached hydrogen (secondary N) is 1. The monoisotopic (exact) mass is 292 g/mol. The summed E-state index contributed by atoms with van der Waals surface area (Å²) in [5.41, 5.74) is 0.656. The Hall–Kier alpha value is -1.35. The molecule has 1 aromatic rings. The molecule has 20 heavy (non-hydrogen) atoms. The topological polar surface area (TPSA) is 52.6 Å². The summed E-state index contributed by atoms with van der Waals surface area (Å²) in [5, 5.41) is 13.6. The van der Waals surface area contributed by atoms with Crippen LogP contribution < -0.4 is 5.32 Å². The highest BCUT2D eigenvalue weighted by atomic mass is 32.1. The minimum absolute atomic E-state index is 0.0277. The van der Waals surface area contributed by atoms with E-state index < -0.39 is 0 Å². The van der Waals surface area contributed by atoms with Gasteiger partial charge in [0.25, 0.3) is 5.91 Å². The first-order chi connectivity index (χ1) is 9.60. The van der Waals surface area contributed by atoms with Crippen molar-refractivity contribution in [3.63, 3.8) is 0 Å². The normalized spacial score (nSPS) is 22.9. The second-order valence-electron chi connectivity index (χ2n) is 5.18. The molecule has 0 aliphatic carbocycles. The van der Waals surface area contributed by atoms with Crippen molar-refractivity contribution in [1.82, 2.24) is 10.2 Å². The fraction of sp³-hybridized carbons (Fsp3) is 0.533. The zero-order valence-corrected chi connectivity index (χ0v) is 12.7. The number of aliphatic hydroxyl groups is 1. The van der Waals surface area contributed by atoms with Gasteiger partial charge in [-0.1, -0.05) is 11.8 Å². The summed E-state index contributed by atoms with van der Waals surface area (Å²) in [6.45, 7) is 3.04. The molecule has 0 radical (unpaired) electrons. The van der Waals surface area contributed by atoms with Crippen LogP contribution in [0.15, 0.2) is 11.4 Å². The van der Waals surface area contributed by atoms with Crippen molar-refractivity contribution >= 4 is 17.2 Å². The standard InChI is InChI=1S/C15H20N2O2S/c1-11-8-13(5-6-17(11)2)16-15(19)12-9-14(20-10-12)4-3-7-18/h9-11,13,18H,5-8H2,1-2H3,(H,16,19). The lowest BCUT2D eigenvalue weighted by molar-refractivity contribution is 0.0897. The quantitative estimate of drug-likeness (QED) is 0.808. The predicted octanol–water partition coefficient (Wildman–Crippen LogP) is 1.30. The van der Waals surface area contributed by atoms with Gasteiger partial charge < -0.3 is 15.3 Å². The van der Waals surface area contributed by atoms with E-state index in [1.165, 1.54) is 11.3 Å². The molecular weight excluding hydrogens is 272 g/mol. The predicted molar refractivity (Wildman–Crippen MR) is 80.9 cm³/mol. The van der Waals surface area contributed by atoms with E-state index in [1.807, 2.05) is 5.38 Å². The second-order valence-corrected chi connectivity index (χ2v) is 6.10. The van der Waals surface area contributed by atoms with Crippen molar-refractivity contribution in [3.8, 4) is 11.8 Å². The molecule has 1 aromatic heterocycles. The zero-order chi connectivity index (χ0) is 14.5. The van der Waals surface area contributed by atoms with Crippen LogP contribution in [0, 0.1) is 11.8 Å². The summed E-state index contributed by atoms with van der Waals surface area (Å²) in [6, 6.07) is 2.53. The lowest BCUT2D eigenvalue weighted by atomic mass is 9.99. The molecule has 0 spiro atoms. The Labute approximate surface area is 123 Å². The Morgan fingerprint density at radius 2 is 2.45 bits per heavy atom. The van der Waals surface area contributed by atoms with Gasteiger partial charge in [-0.05, 0) is 32.9 Å². The van der Waals surface area contributed by atoms with Crippen molar-refractivity contribution in [2.75, 3.05) is 20.2 Å². The van der Waals surface area contributed by atoms with Crippen LogP contribution in [0.5, 0.6) is 0 Å². The summed E-state index contributed by atoms with van der Waals surface area (Å²) in [7, 11) is 2.12. The fourth-order valence-electron chi connectivity index (χ4n) is 2.34. The van der Waals surface area contributed by atoms with Crippen LogP contribution in [-0.2, 0) is 0 Å². The van der Waals surface area contributed by atoms with E-state index in [9.17, 15) is 4.79 Å². The van der Waals surface area contributed by atoms with Gasteiger partial charge in [-0.15, -0.1) is 11.3 Å². The maximum Gasteiger partial charge on any atom is 0.252 e. The molecule has 108 valence electrons. The number of nitrogens with zero attached hydrogens (tertiary/aromatic N) is 1. The Morgan fingerprint density at radius 3 is 3.15 bits per heavy atom. The largest absolute Gasteiger partial charge is 0.384 e. The smallest absolute Gasteiger partial charge is 0.252 e. The number of thiophene rings is 1. The Bertz CT molecular complexity index is 529. The molecule has 5 heteroatoms. The minimum atomic E-state index is -0.160. The maximum atomic E-state index is 12.2. The molecule has 2 N–H and O–H groups in total. The van der Waals surface area contributed by atoms with E-state index in [-0.39, 0.29) is 18.6 Å². The lowest BCUT2D eigenvalue weighted by Gasteiger charge is -2.35. The van der Waals surface area contributed by atoms with Crippen LogP contribution in [0.1, 0.15) is 35.0 Å². The number of hydrogen-bond acceptors (Lipinski definition) is 4. The van der Waals surface area contributed by atoms with E-state index >= 15 is 0 Å². The number of rotatable bonds is 2. The van der Waals surface area contributed by atoms with Crippen molar-refractivity contribution < 1.29 is 9.90 Å². The van der Waals surface area contributed by atoms with Gasteiger partial charge in [-0.25, -0.2) is 0 Å². The van der Waals surface area contributed by atoms with E-state index in [2.05, 4.69) is 36.0 Å². The molecule has 2 atom stereocenters. The Balaban J connectivity index is 1.93. The molecule has 0 aromatic carbocycles. The second kappa shape index (κ2) is 6.89. The van der Waals surface area contributed by atoms with Gasteiger partial charge in [-0.3, -0.25) is 4.79 Å². The van der Waals surface area contributed by atoms with Crippen LogP contribution in [0.4, 0.5) is 0 Å². The van der Waals surface area contributed by atoms with Crippen molar-refractivity contribution in [3.05, 3.63) is 21.9 Å². The van der Waals surface area contributed by atoms with Crippen molar-refractivity contribution in [2.45, 2.75) is 31.8 Å². The lowest BCUT2D eigenvalue weighted by Crippen LogP contribution is -2.47. The molecule has 1 saturated heterocycles. The number of piperidine rings is 1. The minimum Gasteiger partial charge on any atom is -0.384 e. The average molecular weight is 292 g/mol. The highest BCUT2D eigenvalue weighted by molar-refractivity contribution is 7.10. The summed E-state index contributed by atoms with van der Waals surface area (Å²) < 4.78 is 0. The van der Waals surface area contributed by atoms with E-state index in [0.29, 0.717) is 11.6 Å². The number of likely N-dealkylation sites (tertiary alicyclic amines) is 1. The molecular formula is C15H20N2O2S. The average Bonchev–Trinajstić information content (AvgIpc) is 2.89. The van der Waals surface area contributed by atoms with Crippen LogP contribution in [0.3, 0.4) is 0 Å². The SMILES string of the molecule is CC1CC(NC(=O)c2csc(C#CCO)c2)CCN1C. The third-order valence-corrected chi connectivity index (χ3v) is 4.54. The van der Waals surface area contributed by atoms with Crippen LogP contribution >= 0.6 is 11.3 Å². The van der Waals surface area contributed by atoms with Crippen LogP contribution in [0.2, 0.25) is 0 Å². The molecule has 2 heterocycles. The highest BCUT2D eigenvalue weighted by Gasteiger charge is 2.24. The molecule has 0 saturated carbocycles. The summed E-state index contributed by atoms with van der Waals surface area (Å²) in [6.07, 6.45) is 1.98. The first-order valence-electron chi connectivity index (χ1n) is 6.79. The van der Waals surface area contributed by atoms with Gasteiger partial charge in [0.2, 0.25) is 0 Å². The third-order valence-electron chi connectivity index (χ3n) is 3.70. The number of amides is 1. The maximum absolute atomic E-state index is 12.2. The fourth-order valence-corrected chi connectivity index (χ4v) is 3.09. The number of aliphatic hydroxyl groups excluding tert-OH is 1. The molecule has 1 amide bonds. The van der Waals surface area contributed by atoms with Crippen LogP contribution in [-0.4, -0.2) is 48.2 Å².